The number of carbonyl (C=O) groups is 1. The van der Waals surface area contributed by atoms with Gasteiger partial charge in [0.1, 0.15) is 5.60 Å². The van der Waals surface area contributed by atoms with Crippen LogP contribution in [0, 0.1) is 11.3 Å². The molecular weight excluding hydrogens is 144 g/mol. The molecule has 0 aliphatic rings. The van der Waals surface area contributed by atoms with Crippen LogP contribution in [-0.4, -0.2) is 11.7 Å². The molecule has 0 aromatic heterocycles. The summed E-state index contributed by atoms with van der Waals surface area (Å²) in [6.45, 7) is 6.72. The van der Waals surface area contributed by atoms with E-state index in [1.165, 1.54) is 6.92 Å². The Morgan fingerprint density at radius 2 is 1.82 bits per heavy atom. The molecule has 4 nitrogen and oxygen atoms in total. The number of hydrogen-bond acceptors (Lipinski definition) is 3. The topological polar surface area (TPSA) is 76.1 Å². The van der Waals surface area contributed by atoms with E-state index in [2.05, 4.69) is 4.74 Å². The predicted octanol–water partition coefficient (Wildman–Crippen LogP) is 1.41. The average molecular weight is 158 g/mol. The highest BCUT2D eigenvalue weighted by atomic mass is 16.6. The molecule has 0 saturated heterocycles. The molecule has 2 N–H and O–H groups in total. The minimum Gasteiger partial charge on any atom is -0.444 e. The largest absolute Gasteiger partial charge is 0.444 e. The van der Waals surface area contributed by atoms with Gasteiger partial charge >= 0.3 is 6.09 Å². The maximum atomic E-state index is 10.0. The van der Waals surface area contributed by atoms with Gasteiger partial charge in [0.15, 0.2) is 0 Å². The summed E-state index contributed by atoms with van der Waals surface area (Å²) >= 11 is 0. The number of nitrogens with zero attached hydrogens (tertiary/aromatic N) is 1. The van der Waals surface area contributed by atoms with Crippen LogP contribution in [0.1, 0.15) is 27.7 Å². The van der Waals surface area contributed by atoms with Gasteiger partial charge in [0.05, 0.1) is 6.07 Å². The van der Waals surface area contributed by atoms with Crippen LogP contribution in [0.25, 0.3) is 0 Å². The van der Waals surface area contributed by atoms with Crippen molar-refractivity contribution in [2.24, 2.45) is 5.73 Å². The van der Waals surface area contributed by atoms with Crippen molar-refractivity contribution < 1.29 is 9.53 Å². The van der Waals surface area contributed by atoms with Crippen molar-refractivity contribution in [1.82, 2.24) is 0 Å². The first kappa shape index (κ1) is 12.4. The molecule has 0 radical (unpaired) electrons. The van der Waals surface area contributed by atoms with Crippen LogP contribution in [0.15, 0.2) is 0 Å². The van der Waals surface area contributed by atoms with E-state index in [0.717, 1.165) is 0 Å². The number of nitriles is 1. The van der Waals surface area contributed by atoms with Crippen LogP contribution in [0.4, 0.5) is 4.79 Å². The lowest BCUT2D eigenvalue weighted by molar-refractivity contribution is 0.0600. The number of rotatable bonds is 0. The monoisotopic (exact) mass is 158 g/mol. The van der Waals surface area contributed by atoms with Gasteiger partial charge in [-0.15, -0.1) is 0 Å². The van der Waals surface area contributed by atoms with Crippen LogP contribution in [0.3, 0.4) is 0 Å². The van der Waals surface area contributed by atoms with E-state index in [1.807, 2.05) is 0 Å². The van der Waals surface area contributed by atoms with Crippen LogP contribution in [0.2, 0.25) is 0 Å². The second-order valence-corrected chi connectivity index (χ2v) is 2.76. The van der Waals surface area contributed by atoms with Gasteiger partial charge in [0.25, 0.3) is 0 Å². The van der Waals surface area contributed by atoms with Crippen LogP contribution >= 0.6 is 0 Å². The van der Waals surface area contributed by atoms with Gasteiger partial charge in [-0.3, -0.25) is 0 Å². The minimum atomic E-state index is -0.725. The second-order valence-electron chi connectivity index (χ2n) is 2.76. The fourth-order valence-corrected chi connectivity index (χ4v) is 0.302. The lowest BCUT2D eigenvalue weighted by atomic mass is 10.2. The zero-order valence-corrected chi connectivity index (χ0v) is 7.34. The molecule has 64 valence electrons. The highest BCUT2D eigenvalue weighted by Gasteiger charge is 2.12. The lowest BCUT2D eigenvalue weighted by Crippen LogP contribution is -2.27. The number of amides is 1. The first-order chi connectivity index (χ1) is 4.83. The van der Waals surface area contributed by atoms with Crippen molar-refractivity contribution in [3.8, 4) is 6.07 Å². The van der Waals surface area contributed by atoms with E-state index in [0.29, 0.717) is 0 Å². The van der Waals surface area contributed by atoms with Gasteiger partial charge in [0.2, 0.25) is 0 Å². The van der Waals surface area contributed by atoms with E-state index in [1.54, 1.807) is 26.8 Å². The molecule has 11 heavy (non-hydrogen) atoms. The molecule has 0 heterocycles. The third-order valence-electron chi connectivity index (χ3n) is 0.407. The molecular formula is C7H14N2O2. The second kappa shape index (κ2) is 5.54. The first-order valence-corrected chi connectivity index (χ1v) is 3.12. The van der Waals surface area contributed by atoms with Crippen LogP contribution in [-0.2, 0) is 4.74 Å². The molecule has 4 heteroatoms. The zero-order valence-electron chi connectivity index (χ0n) is 7.34. The van der Waals surface area contributed by atoms with E-state index < -0.39 is 11.7 Å². The molecule has 0 unspecified atom stereocenters. The molecule has 1 amide bonds. The van der Waals surface area contributed by atoms with Crippen molar-refractivity contribution in [1.29, 1.82) is 5.26 Å². The first-order valence-electron chi connectivity index (χ1n) is 3.12. The fourth-order valence-electron chi connectivity index (χ4n) is 0.302. The Labute approximate surface area is 66.9 Å². The average Bonchev–Trinajstić information content (AvgIpc) is 1.57. The summed E-state index contributed by atoms with van der Waals surface area (Å²) in [4.78, 5) is 10.0. The van der Waals surface area contributed by atoms with Gasteiger partial charge in [-0.1, -0.05) is 0 Å². The van der Waals surface area contributed by atoms with E-state index in [9.17, 15) is 4.79 Å². The molecule has 0 bridgehead atoms. The third-order valence-corrected chi connectivity index (χ3v) is 0.407. The maximum absolute atomic E-state index is 10.0. The summed E-state index contributed by atoms with van der Waals surface area (Å²) in [5.41, 5.74) is 4.26. The van der Waals surface area contributed by atoms with Crippen molar-refractivity contribution in [3.63, 3.8) is 0 Å². The van der Waals surface area contributed by atoms with Gasteiger partial charge < -0.3 is 10.5 Å². The summed E-state index contributed by atoms with van der Waals surface area (Å²) in [6.07, 6.45) is -0.725. The maximum Gasteiger partial charge on any atom is 0.405 e. The molecule has 0 fully saturated rings. The highest BCUT2D eigenvalue weighted by molar-refractivity contribution is 5.65. The standard InChI is InChI=1S/C5H11NO2.C2H3N/c1-5(2,3)8-4(6)7;1-2-3/h1-3H3,(H2,6,7);1H3. The number of nitrogens with two attached hydrogens (primary N) is 1. The van der Waals surface area contributed by atoms with Crippen LogP contribution < -0.4 is 5.73 Å². The predicted molar refractivity (Wildman–Crippen MR) is 41.7 cm³/mol. The van der Waals surface area contributed by atoms with Crippen molar-refractivity contribution in [2.75, 3.05) is 0 Å². The molecule has 0 aromatic rings. The zero-order chi connectivity index (χ0) is 9.49. The summed E-state index contributed by atoms with van der Waals surface area (Å²) in [6, 6.07) is 1.75. The van der Waals surface area contributed by atoms with Crippen LogP contribution in [0.5, 0.6) is 0 Å². The number of primary amides is 1. The van der Waals surface area contributed by atoms with Gasteiger partial charge in [-0.05, 0) is 20.8 Å². The van der Waals surface area contributed by atoms with Gasteiger partial charge in [0, 0.05) is 6.92 Å². The van der Waals surface area contributed by atoms with Crippen molar-refractivity contribution >= 4 is 6.09 Å². The molecule has 0 atom stereocenters. The summed E-state index contributed by atoms with van der Waals surface area (Å²) in [7, 11) is 0. The number of hydrogen-bond donors (Lipinski definition) is 1. The Morgan fingerprint density at radius 3 is 1.82 bits per heavy atom. The molecule has 0 rings (SSSR count). The highest BCUT2D eigenvalue weighted by Crippen LogP contribution is 2.04. The Morgan fingerprint density at radius 1 is 1.55 bits per heavy atom. The Kier molecular flexibility index (Phi) is 6.26. The summed E-state index contributed by atoms with van der Waals surface area (Å²) in [5, 5.41) is 7.32. The molecule has 0 aliphatic carbocycles. The quantitative estimate of drug-likeness (QED) is 0.579. The number of carbonyl (C=O) groups excluding carboxylic acids is 1. The SMILES string of the molecule is CC#N.CC(C)(C)OC(N)=O. The van der Waals surface area contributed by atoms with E-state index in [-0.39, 0.29) is 0 Å². The van der Waals surface area contributed by atoms with Crippen molar-refractivity contribution in [2.45, 2.75) is 33.3 Å². The van der Waals surface area contributed by atoms with E-state index in [4.69, 9.17) is 11.0 Å². The Hall–Kier alpha value is -1.24. The minimum absolute atomic E-state index is 0.453. The van der Waals surface area contributed by atoms with Crippen molar-refractivity contribution in [3.05, 3.63) is 0 Å². The van der Waals surface area contributed by atoms with Gasteiger partial charge in [-0.2, -0.15) is 5.26 Å². The lowest BCUT2D eigenvalue weighted by Gasteiger charge is -2.16. The number of ether oxygens (including phenoxy) is 1. The normalized spacial score (nSPS) is 8.64. The van der Waals surface area contributed by atoms with Gasteiger partial charge in [-0.25, -0.2) is 4.79 Å². The molecule has 0 saturated carbocycles. The molecule has 0 aromatic carbocycles. The Balaban J connectivity index is 0. The Bertz CT molecular complexity index is 153. The summed E-state index contributed by atoms with van der Waals surface area (Å²) < 4.78 is 4.58. The smallest absolute Gasteiger partial charge is 0.405 e. The van der Waals surface area contributed by atoms with E-state index >= 15 is 0 Å². The summed E-state index contributed by atoms with van der Waals surface area (Å²) in [5.74, 6) is 0. The molecule has 0 aliphatic heterocycles. The molecule has 0 spiro atoms. The fraction of sp³-hybridized carbons (Fsp3) is 0.714. The third kappa shape index (κ3) is 28.3.